The van der Waals surface area contributed by atoms with E-state index in [1.807, 2.05) is 20.2 Å². The van der Waals surface area contributed by atoms with Crippen LogP contribution in [0.3, 0.4) is 0 Å². The number of carbonyl (C=O) groups is 1. The van der Waals surface area contributed by atoms with Gasteiger partial charge in [-0.2, -0.15) is 5.10 Å². The highest BCUT2D eigenvalue weighted by molar-refractivity contribution is 5.79. The lowest BCUT2D eigenvalue weighted by molar-refractivity contribution is -0.149. The quantitative estimate of drug-likeness (QED) is 0.862. The topological polar surface area (TPSA) is 47.4 Å². The van der Waals surface area contributed by atoms with E-state index in [-0.39, 0.29) is 17.9 Å². The van der Waals surface area contributed by atoms with Crippen LogP contribution in [0.2, 0.25) is 0 Å². The number of hydrogen-bond acceptors (Lipinski definition) is 3. The second-order valence-electron chi connectivity index (χ2n) is 6.21. The van der Waals surface area contributed by atoms with E-state index in [1.165, 1.54) is 0 Å². The van der Waals surface area contributed by atoms with E-state index in [9.17, 15) is 13.6 Å². The molecule has 1 aliphatic heterocycles. The number of morpholine rings is 1. The standard InChI is InChI=1S/C17H19F2N3O2/c1-17(13-9-20-21(2)10-13)11-22(5-6-24-17)16(23)8-12-7-14(18)3-4-15(12)19/h3-4,7,9-10H,5-6,8,11H2,1-2H3/t17-/m1/s1. The van der Waals surface area contributed by atoms with E-state index in [1.54, 1.807) is 15.8 Å². The summed E-state index contributed by atoms with van der Waals surface area (Å²) in [6.07, 6.45) is 3.38. The summed E-state index contributed by atoms with van der Waals surface area (Å²) < 4.78 is 34.5. The van der Waals surface area contributed by atoms with Crippen LogP contribution in [0.25, 0.3) is 0 Å². The van der Waals surface area contributed by atoms with Crippen molar-refractivity contribution in [2.24, 2.45) is 7.05 Å². The normalized spacial score (nSPS) is 21.1. The Bertz CT molecular complexity index is 762. The minimum Gasteiger partial charge on any atom is -0.367 e. The van der Waals surface area contributed by atoms with E-state index in [0.29, 0.717) is 19.7 Å². The van der Waals surface area contributed by atoms with Gasteiger partial charge in [-0.25, -0.2) is 8.78 Å². The maximum absolute atomic E-state index is 13.7. The number of nitrogens with zero attached hydrogens (tertiary/aromatic N) is 3. The Hall–Kier alpha value is -2.28. The van der Waals surface area contributed by atoms with E-state index in [2.05, 4.69) is 5.10 Å². The summed E-state index contributed by atoms with van der Waals surface area (Å²) in [4.78, 5) is 14.1. The summed E-state index contributed by atoms with van der Waals surface area (Å²) in [5, 5.41) is 4.14. The number of benzene rings is 1. The molecule has 2 aromatic rings. The second kappa shape index (κ2) is 6.32. The van der Waals surface area contributed by atoms with Crippen molar-refractivity contribution >= 4 is 5.91 Å². The first-order valence-corrected chi connectivity index (χ1v) is 7.72. The van der Waals surface area contributed by atoms with Crippen LogP contribution in [0, 0.1) is 11.6 Å². The van der Waals surface area contributed by atoms with Crippen LogP contribution in [-0.2, 0) is 28.6 Å². The zero-order valence-corrected chi connectivity index (χ0v) is 13.6. The van der Waals surface area contributed by atoms with Crippen LogP contribution in [0.1, 0.15) is 18.1 Å². The van der Waals surface area contributed by atoms with E-state index in [0.717, 1.165) is 23.8 Å². The lowest BCUT2D eigenvalue weighted by atomic mass is 9.96. The zero-order chi connectivity index (χ0) is 17.3. The van der Waals surface area contributed by atoms with Gasteiger partial charge < -0.3 is 9.64 Å². The maximum Gasteiger partial charge on any atom is 0.227 e. The number of hydrogen-bond donors (Lipinski definition) is 0. The Kier molecular flexibility index (Phi) is 4.36. The molecule has 0 radical (unpaired) electrons. The predicted molar refractivity (Wildman–Crippen MR) is 83.2 cm³/mol. The molecule has 1 aromatic heterocycles. The summed E-state index contributed by atoms with van der Waals surface area (Å²) in [5.74, 6) is -1.38. The van der Waals surface area contributed by atoms with E-state index >= 15 is 0 Å². The average Bonchev–Trinajstić information content (AvgIpc) is 2.98. The first-order valence-electron chi connectivity index (χ1n) is 7.72. The summed E-state index contributed by atoms with van der Waals surface area (Å²) >= 11 is 0. The van der Waals surface area contributed by atoms with Gasteiger partial charge in [0.25, 0.3) is 0 Å². The molecule has 128 valence electrons. The Balaban J connectivity index is 1.74. The molecule has 0 bridgehead atoms. The molecule has 1 fully saturated rings. The van der Waals surface area contributed by atoms with Gasteiger partial charge in [0.05, 0.1) is 25.8 Å². The van der Waals surface area contributed by atoms with Crippen molar-refractivity contribution in [1.82, 2.24) is 14.7 Å². The average molecular weight is 335 g/mol. The number of carbonyl (C=O) groups excluding carboxylic acids is 1. The molecule has 1 aromatic carbocycles. The van der Waals surface area contributed by atoms with Gasteiger partial charge in [-0.1, -0.05) is 0 Å². The molecule has 5 nitrogen and oxygen atoms in total. The van der Waals surface area contributed by atoms with Gasteiger partial charge in [0.1, 0.15) is 17.2 Å². The highest BCUT2D eigenvalue weighted by Gasteiger charge is 2.36. The third-order valence-electron chi connectivity index (χ3n) is 4.29. The fourth-order valence-electron chi connectivity index (χ4n) is 2.91. The number of amides is 1. The fourth-order valence-corrected chi connectivity index (χ4v) is 2.91. The lowest BCUT2D eigenvalue weighted by Crippen LogP contribution is -2.50. The van der Waals surface area contributed by atoms with E-state index in [4.69, 9.17) is 4.74 Å². The molecule has 0 saturated carbocycles. The third-order valence-corrected chi connectivity index (χ3v) is 4.29. The van der Waals surface area contributed by atoms with Gasteiger partial charge in [0, 0.05) is 30.9 Å². The highest BCUT2D eigenvalue weighted by atomic mass is 19.1. The van der Waals surface area contributed by atoms with Crippen molar-refractivity contribution in [3.05, 3.63) is 53.4 Å². The molecule has 1 saturated heterocycles. The van der Waals surface area contributed by atoms with Crippen molar-refractivity contribution in [3.63, 3.8) is 0 Å². The van der Waals surface area contributed by atoms with Crippen molar-refractivity contribution in [1.29, 1.82) is 0 Å². The largest absolute Gasteiger partial charge is 0.367 e. The monoisotopic (exact) mass is 335 g/mol. The number of aryl methyl sites for hydroxylation is 1. The van der Waals surface area contributed by atoms with Crippen LogP contribution in [0.15, 0.2) is 30.6 Å². The van der Waals surface area contributed by atoms with E-state index < -0.39 is 17.2 Å². The second-order valence-corrected chi connectivity index (χ2v) is 6.21. The molecule has 0 spiro atoms. The van der Waals surface area contributed by atoms with Gasteiger partial charge in [-0.15, -0.1) is 0 Å². The Morgan fingerprint density at radius 1 is 1.42 bits per heavy atom. The number of aromatic nitrogens is 2. The molecule has 2 heterocycles. The minimum absolute atomic E-state index is 0.0644. The molecule has 3 rings (SSSR count). The van der Waals surface area contributed by atoms with Gasteiger partial charge in [-0.3, -0.25) is 9.48 Å². The number of ether oxygens (including phenoxy) is 1. The van der Waals surface area contributed by atoms with Crippen LogP contribution >= 0.6 is 0 Å². The van der Waals surface area contributed by atoms with Gasteiger partial charge >= 0.3 is 0 Å². The molecule has 1 atom stereocenters. The fraction of sp³-hybridized carbons (Fsp3) is 0.412. The predicted octanol–water partition coefficient (Wildman–Crippen LogP) is 2.01. The van der Waals surface area contributed by atoms with Crippen molar-refractivity contribution in [2.45, 2.75) is 18.9 Å². The summed E-state index contributed by atoms with van der Waals surface area (Å²) in [5.41, 5.74) is 0.275. The molecule has 1 aliphatic rings. The molecule has 7 heteroatoms. The Labute approximate surface area is 138 Å². The molecule has 1 amide bonds. The first kappa shape index (κ1) is 16.6. The molecular weight excluding hydrogens is 316 g/mol. The van der Waals surface area contributed by atoms with Gasteiger partial charge in [-0.05, 0) is 25.1 Å². The number of halogens is 2. The Morgan fingerprint density at radius 2 is 2.21 bits per heavy atom. The lowest BCUT2D eigenvalue weighted by Gasteiger charge is -2.40. The third kappa shape index (κ3) is 3.31. The number of rotatable bonds is 3. The summed E-state index contributed by atoms with van der Waals surface area (Å²) in [6.45, 7) is 3.04. The Morgan fingerprint density at radius 3 is 2.92 bits per heavy atom. The smallest absolute Gasteiger partial charge is 0.227 e. The van der Waals surface area contributed by atoms with Gasteiger partial charge in [0.2, 0.25) is 5.91 Å². The molecule has 0 aliphatic carbocycles. The molecule has 24 heavy (non-hydrogen) atoms. The summed E-state index contributed by atoms with van der Waals surface area (Å²) in [7, 11) is 1.81. The van der Waals surface area contributed by atoms with Crippen molar-refractivity contribution < 1.29 is 18.3 Å². The van der Waals surface area contributed by atoms with Crippen LogP contribution < -0.4 is 0 Å². The van der Waals surface area contributed by atoms with Crippen molar-refractivity contribution in [3.8, 4) is 0 Å². The van der Waals surface area contributed by atoms with Crippen molar-refractivity contribution in [2.75, 3.05) is 19.7 Å². The SMILES string of the molecule is Cn1cc([C@@]2(C)CN(C(=O)Cc3cc(F)ccc3F)CCO2)cn1. The molecular formula is C17H19F2N3O2. The first-order chi connectivity index (χ1) is 11.4. The summed E-state index contributed by atoms with van der Waals surface area (Å²) in [6, 6.07) is 3.14. The molecule has 0 unspecified atom stereocenters. The maximum atomic E-state index is 13.7. The molecule has 0 N–H and O–H groups in total. The van der Waals surface area contributed by atoms with Gasteiger partial charge in [0.15, 0.2) is 0 Å². The van der Waals surface area contributed by atoms with Crippen LogP contribution in [-0.4, -0.2) is 40.3 Å². The highest BCUT2D eigenvalue weighted by Crippen LogP contribution is 2.29. The van der Waals surface area contributed by atoms with Crippen LogP contribution in [0.4, 0.5) is 8.78 Å². The zero-order valence-electron chi connectivity index (χ0n) is 13.6. The minimum atomic E-state index is -0.664. The van der Waals surface area contributed by atoms with Crippen LogP contribution in [0.5, 0.6) is 0 Å².